The molecule has 90 valence electrons. The molecule has 1 aliphatic heterocycles. The van der Waals surface area contributed by atoms with Crippen LogP contribution in [0.2, 0.25) is 0 Å². The summed E-state index contributed by atoms with van der Waals surface area (Å²) in [6.07, 6.45) is 6.78. The van der Waals surface area contributed by atoms with Gasteiger partial charge in [-0.3, -0.25) is 0 Å². The average Bonchev–Trinajstić information content (AvgIpc) is 2.27. The monoisotopic (exact) mass is 212 g/mol. The Labute approximate surface area is 95.4 Å². The molecule has 2 unspecified atom stereocenters. The van der Waals surface area contributed by atoms with E-state index >= 15 is 0 Å². The number of rotatable bonds is 6. The van der Waals surface area contributed by atoms with Crippen LogP contribution in [0.5, 0.6) is 0 Å². The molecule has 0 saturated carbocycles. The van der Waals surface area contributed by atoms with E-state index in [0.29, 0.717) is 0 Å². The molecule has 2 atom stereocenters. The van der Waals surface area contributed by atoms with Crippen LogP contribution in [0.4, 0.5) is 0 Å². The Morgan fingerprint density at radius 1 is 1.33 bits per heavy atom. The summed E-state index contributed by atoms with van der Waals surface area (Å²) < 4.78 is 0. The molecule has 1 heterocycles. The topological polar surface area (TPSA) is 15.3 Å². The van der Waals surface area contributed by atoms with E-state index < -0.39 is 0 Å². The quantitative estimate of drug-likeness (QED) is 0.728. The van der Waals surface area contributed by atoms with Gasteiger partial charge in [0.15, 0.2) is 0 Å². The van der Waals surface area contributed by atoms with Gasteiger partial charge in [0.2, 0.25) is 0 Å². The normalized spacial score (nSPS) is 24.4. The van der Waals surface area contributed by atoms with Crippen molar-refractivity contribution in [1.82, 2.24) is 10.2 Å². The molecule has 0 spiro atoms. The van der Waals surface area contributed by atoms with Crippen molar-refractivity contribution >= 4 is 0 Å². The molecule has 15 heavy (non-hydrogen) atoms. The summed E-state index contributed by atoms with van der Waals surface area (Å²) in [4.78, 5) is 2.61. The number of piperidine rings is 1. The molecule has 1 fully saturated rings. The smallest absolute Gasteiger partial charge is 0.00818 e. The largest absolute Gasteiger partial charge is 0.314 e. The maximum atomic E-state index is 3.64. The lowest BCUT2D eigenvalue weighted by molar-refractivity contribution is 0.188. The van der Waals surface area contributed by atoms with Gasteiger partial charge in [-0.1, -0.05) is 20.3 Å². The van der Waals surface area contributed by atoms with Crippen LogP contribution < -0.4 is 5.32 Å². The van der Waals surface area contributed by atoms with E-state index in [2.05, 4.69) is 31.0 Å². The van der Waals surface area contributed by atoms with Crippen molar-refractivity contribution in [2.45, 2.75) is 65.0 Å². The summed E-state index contributed by atoms with van der Waals surface area (Å²) in [6, 6.07) is 1.52. The van der Waals surface area contributed by atoms with Gasteiger partial charge in [0.1, 0.15) is 0 Å². The Morgan fingerprint density at radius 3 is 2.67 bits per heavy atom. The van der Waals surface area contributed by atoms with E-state index in [0.717, 1.165) is 12.1 Å². The summed E-state index contributed by atoms with van der Waals surface area (Å²) in [5, 5.41) is 3.64. The lowest BCUT2D eigenvalue weighted by Crippen LogP contribution is -2.42. The molecule has 1 N–H and O–H groups in total. The SMILES string of the molecule is CCCN(CC)C(C)CC1CCCCN1. The van der Waals surface area contributed by atoms with Crippen molar-refractivity contribution in [3.63, 3.8) is 0 Å². The van der Waals surface area contributed by atoms with Gasteiger partial charge in [-0.05, 0) is 52.2 Å². The van der Waals surface area contributed by atoms with E-state index in [1.54, 1.807) is 0 Å². The molecule has 0 aromatic rings. The Morgan fingerprint density at radius 2 is 2.13 bits per heavy atom. The number of nitrogens with one attached hydrogen (secondary N) is 1. The highest BCUT2D eigenvalue weighted by molar-refractivity contribution is 4.78. The number of nitrogens with zero attached hydrogens (tertiary/aromatic N) is 1. The summed E-state index contributed by atoms with van der Waals surface area (Å²) in [7, 11) is 0. The highest BCUT2D eigenvalue weighted by atomic mass is 15.1. The molecule has 0 radical (unpaired) electrons. The van der Waals surface area contributed by atoms with Crippen LogP contribution in [0.1, 0.15) is 52.9 Å². The maximum Gasteiger partial charge on any atom is 0.00818 e. The Balaban J connectivity index is 2.27. The molecular formula is C13H28N2. The van der Waals surface area contributed by atoms with Crippen LogP contribution >= 0.6 is 0 Å². The van der Waals surface area contributed by atoms with Gasteiger partial charge in [-0.2, -0.15) is 0 Å². The van der Waals surface area contributed by atoms with Crippen molar-refractivity contribution in [3.05, 3.63) is 0 Å². The summed E-state index contributed by atoms with van der Waals surface area (Å²) >= 11 is 0. The predicted octanol–water partition coefficient (Wildman–Crippen LogP) is 2.64. The maximum absolute atomic E-state index is 3.64. The first-order valence-corrected chi connectivity index (χ1v) is 6.75. The van der Waals surface area contributed by atoms with Gasteiger partial charge < -0.3 is 10.2 Å². The third-order valence-electron chi connectivity index (χ3n) is 3.58. The van der Waals surface area contributed by atoms with Crippen molar-refractivity contribution in [2.24, 2.45) is 0 Å². The predicted molar refractivity (Wildman–Crippen MR) is 67.3 cm³/mol. The van der Waals surface area contributed by atoms with E-state index in [-0.39, 0.29) is 0 Å². The van der Waals surface area contributed by atoms with Gasteiger partial charge >= 0.3 is 0 Å². The standard InChI is InChI=1S/C13H28N2/c1-4-10-15(5-2)12(3)11-13-8-6-7-9-14-13/h12-14H,4-11H2,1-3H3. The first-order chi connectivity index (χ1) is 7.27. The first-order valence-electron chi connectivity index (χ1n) is 6.75. The molecule has 2 heteroatoms. The number of hydrogen-bond acceptors (Lipinski definition) is 2. The molecule has 1 saturated heterocycles. The fraction of sp³-hybridized carbons (Fsp3) is 1.00. The zero-order valence-electron chi connectivity index (χ0n) is 10.8. The molecule has 1 aliphatic rings. The van der Waals surface area contributed by atoms with Gasteiger partial charge in [0.05, 0.1) is 0 Å². The van der Waals surface area contributed by atoms with Gasteiger partial charge in [-0.25, -0.2) is 0 Å². The highest BCUT2D eigenvalue weighted by Gasteiger charge is 2.18. The Bertz CT molecular complexity index is 153. The lowest BCUT2D eigenvalue weighted by Gasteiger charge is -2.32. The molecule has 0 bridgehead atoms. The summed E-state index contributed by atoms with van der Waals surface area (Å²) in [5.41, 5.74) is 0. The zero-order valence-corrected chi connectivity index (χ0v) is 10.8. The molecular weight excluding hydrogens is 184 g/mol. The van der Waals surface area contributed by atoms with Gasteiger partial charge in [0.25, 0.3) is 0 Å². The third kappa shape index (κ3) is 4.52. The highest BCUT2D eigenvalue weighted by Crippen LogP contribution is 2.15. The van der Waals surface area contributed by atoms with Crippen LogP contribution in [-0.2, 0) is 0 Å². The second-order valence-electron chi connectivity index (χ2n) is 4.86. The molecule has 0 aromatic carbocycles. The van der Waals surface area contributed by atoms with Crippen molar-refractivity contribution in [3.8, 4) is 0 Å². The van der Waals surface area contributed by atoms with Crippen LogP contribution in [-0.4, -0.2) is 36.6 Å². The van der Waals surface area contributed by atoms with E-state index in [4.69, 9.17) is 0 Å². The fourth-order valence-corrected chi connectivity index (χ4v) is 2.66. The molecule has 0 aliphatic carbocycles. The fourth-order valence-electron chi connectivity index (χ4n) is 2.66. The Kier molecular flexibility index (Phi) is 6.26. The zero-order chi connectivity index (χ0) is 11.1. The van der Waals surface area contributed by atoms with E-state index in [1.165, 1.54) is 51.7 Å². The van der Waals surface area contributed by atoms with Crippen LogP contribution in [0, 0.1) is 0 Å². The second kappa shape index (κ2) is 7.24. The minimum Gasteiger partial charge on any atom is -0.314 e. The Hall–Kier alpha value is -0.0800. The van der Waals surface area contributed by atoms with E-state index in [1.807, 2.05) is 0 Å². The molecule has 0 amide bonds. The van der Waals surface area contributed by atoms with Gasteiger partial charge in [-0.15, -0.1) is 0 Å². The minimum atomic E-state index is 0.741. The van der Waals surface area contributed by atoms with E-state index in [9.17, 15) is 0 Å². The minimum absolute atomic E-state index is 0.741. The molecule has 2 nitrogen and oxygen atoms in total. The van der Waals surface area contributed by atoms with Gasteiger partial charge in [0, 0.05) is 12.1 Å². The average molecular weight is 212 g/mol. The number of hydrogen-bond donors (Lipinski definition) is 1. The van der Waals surface area contributed by atoms with Crippen molar-refractivity contribution < 1.29 is 0 Å². The first kappa shape index (κ1) is 13.0. The summed E-state index contributed by atoms with van der Waals surface area (Å²) in [6.45, 7) is 10.6. The second-order valence-corrected chi connectivity index (χ2v) is 4.86. The van der Waals surface area contributed by atoms with Crippen LogP contribution in [0.25, 0.3) is 0 Å². The third-order valence-corrected chi connectivity index (χ3v) is 3.58. The van der Waals surface area contributed by atoms with Crippen molar-refractivity contribution in [1.29, 1.82) is 0 Å². The van der Waals surface area contributed by atoms with Crippen molar-refractivity contribution in [2.75, 3.05) is 19.6 Å². The summed E-state index contributed by atoms with van der Waals surface area (Å²) in [5.74, 6) is 0. The lowest BCUT2D eigenvalue weighted by atomic mass is 9.98. The van der Waals surface area contributed by atoms with Crippen LogP contribution in [0.15, 0.2) is 0 Å². The molecule has 0 aromatic heterocycles. The molecule has 1 rings (SSSR count). The van der Waals surface area contributed by atoms with Crippen LogP contribution in [0.3, 0.4) is 0 Å².